The summed E-state index contributed by atoms with van der Waals surface area (Å²) in [5.74, 6) is 4.19. The zero-order chi connectivity index (χ0) is 20.1. The first-order valence-electron chi connectivity index (χ1n) is 12.3. The Morgan fingerprint density at radius 1 is 0.964 bits per heavy atom. The van der Waals surface area contributed by atoms with Gasteiger partial charge in [-0.3, -0.25) is 0 Å². The molecular formula is C27H44O. The number of allylic oxidation sites excluding steroid dienone is 3. The average Bonchev–Trinajstić information content (AvgIpc) is 2.99. The average molecular weight is 385 g/mol. The van der Waals surface area contributed by atoms with Crippen molar-refractivity contribution in [3.63, 3.8) is 0 Å². The molecule has 2 unspecified atom stereocenters. The lowest BCUT2D eigenvalue weighted by atomic mass is 9.50. The van der Waals surface area contributed by atoms with Gasteiger partial charge in [-0.15, -0.1) is 0 Å². The van der Waals surface area contributed by atoms with E-state index in [2.05, 4.69) is 46.8 Å². The van der Waals surface area contributed by atoms with E-state index >= 15 is 0 Å². The predicted octanol–water partition coefficient (Wildman–Crippen LogP) is 7.31. The highest BCUT2D eigenvalue weighted by Gasteiger charge is 2.56. The van der Waals surface area contributed by atoms with E-state index in [-0.39, 0.29) is 6.10 Å². The lowest BCUT2D eigenvalue weighted by molar-refractivity contribution is 0.0323. The molecule has 4 rings (SSSR count). The Kier molecular flexibility index (Phi) is 5.62. The molecule has 0 spiro atoms. The Bertz CT molecular complexity index is 643. The number of rotatable bonds is 5. The normalized spacial score (nSPS) is 43.7. The molecule has 1 N–H and O–H groups in total. The summed E-state index contributed by atoms with van der Waals surface area (Å²) in [6.45, 7) is 12.5. The van der Waals surface area contributed by atoms with Crippen molar-refractivity contribution < 1.29 is 5.11 Å². The molecule has 3 saturated carbocycles. The maximum atomic E-state index is 10.2. The van der Waals surface area contributed by atoms with E-state index in [1.54, 1.807) is 11.1 Å². The molecule has 4 aliphatic carbocycles. The van der Waals surface area contributed by atoms with Crippen molar-refractivity contribution in [1.82, 2.24) is 0 Å². The molecule has 0 saturated heterocycles. The van der Waals surface area contributed by atoms with E-state index in [0.29, 0.717) is 10.8 Å². The van der Waals surface area contributed by atoms with Gasteiger partial charge in [0.15, 0.2) is 0 Å². The van der Waals surface area contributed by atoms with Gasteiger partial charge in [0.1, 0.15) is 0 Å². The highest BCUT2D eigenvalue weighted by molar-refractivity contribution is 5.38. The summed E-state index contributed by atoms with van der Waals surface area (Å²) in [7, 11) is 0. The van der Waals surface area contributed by atoms with Crippen molar-refractivity contribution in [3.8, 4) is 0 Å². The molecule has 4 aliphatic rings. The lowest BCUT2D eigenvalue weighted by Crippen LogP contribution is -2.46. The number of hydrogen-bond donors (Lipinski definition) is 1. The Labute approximate surface area is 174 Å². The van der Waals surface area contributed by atoms with Crippen LogP contribution < -0.4 is 0 Å². The Hall–Kier alpha value is -0.560. The van der Waals surface area contributed by atoms with Gasteiger partial charge < -0.3 is 5.11 Å². The van der Waals surface area contributed by atoms with Crippen LogP contribution in [0.2, 0.25) is 0 Å². The van der Waals surface area contributed by atoms with Crippen LogP contribution in [0.5, 0.6) is 0 Å². The van der Waals surface area contributed by atoms with E-state index in [4.69, 9.17) is 0 Å². The number of aliphatic hydroxyl groups excluding tert-OH is 1. The third-order valence-corrected chi connectivity index (χ3v) is 9.75. The molecule has 0 aromatic heterocycles. The second-order valence-corrected chi connectivity index (χ2v) is 11.8. The summed E-state index contributed by atoms with van der Waals surface area (Å²) in [4.78, 5) is 0. The molecule has 1 heteroatoms. The van der Waals surface area contributed by atoms with E-state index in [1.807, 2.05) is 0 Å². The molecule has 0 amide bonds. The molecule has 0 aromatic carbocycles. The second kappa shape index (κ2) is 7.60. The van der Waals surface area contributed by atoms with Crippen molar-refractivity contribution in [2.75, 3.05) is 0 Å². The highest BCUT2D eigenvalue weighted by atomic mass is 16.3. The van der Waals surface area contributed by atoms with Gasteiger partial charge in [0.25, 0.3) is 0 Å². The minimum atomic E-state index is -0.106. The van der Waals surface area contributed by atoms with Crippen LogP contribution in [0.3, 0.4) is 0 Å². The Balaban J connectivity index is 1.53. The molecule has 1 nitrogen and oxygen atoms in total. The standard InChI is InChI=1S/C27H44O/c1-18(2)7-6-8-19(3)23-11-12-24-22-10-9-20-17-21(28)13-15-26(20,4)25(22)14-16-27(23,24)5/h9-10,18-19,21,23-25,28H,6-8,11-17H2,1-5H3/t19-,21+,23?,24+,25?,26+,27-/m1/s1. The SMILES string of the molecule is CC(C)CCC[C@@H](C)C1CC[C@H]2C3=CC=C4C[C@@H](O)CC[C@]4(C)C3CC[C@]12C. The van der Waals surface area contributed by atoms with Gasteiger partial charge in [-0.05, 0) is 85.4 Å². The molecule has 28 heavy (non-hydrogen) atoms. The zero-order valence-electron chi connectivity index (χ0n) is 19.1. The van der Waals surface area contributed by atoms with Crippen LogP contribution >= 0.6 is 0 Å². The first-order chi connectivity index (χ1) is 13.3. The van der Waals surface area contributed by atoms with E-state index in [0.717, 1.165) is 42.4 Å². The summed E-state index contributed by atoms with van der Waals surface area (Å²) in [6.07, 6.45) is 17.8. The number of fused-ring (bicyclic) bond motifs is 5. The largest absolute Gasteiger partial charge is 0.393 e. The minimum absolute atomic E-state index is 0.106. The fraction of sp³-hybridized carbons (Fsp3) is 0.852. The van der Waals surface area contributed by atoms with Crippen LogP contribution in [0, 0.1) is 40.4 Å². The van der Waals surface area contributed by atoms with Gasteiger partial charge in [-0.25, -0.2) is 0 Å². The number of aliphatic hydroxyl groups is 1. The molecule has 0 bridgehead atoms. The smallest absolute Gasteiger partial charge is 0.0578 e. The first-order valence-corrected chi connectivity index (χ1v) is 12.3. The highest BCUT2D eigenvalue weighted by Crippen LogP contribution is 2.66. The van der Waals surface area contributed by atoms with Gasteiger partial charge in [0, 0.05) is 0 Å². The summed E-state index contributed by atoms with van der Waals surface area (Å²) < 4.78 is 0. The first kappa shape index (κ1) is 20.7. The summed E-state index contributed by atoms with van der Waals surface area (Å²) in [5, 5.41) is 10.2. The maximum Gasteiger partial charge on any atom is 0.0578 e. The predicted molar refractivity (Wildman–Crippen MR) is 119 cm³/mol. The third kappa shape index (κ3) is 3.34. The molecule has 158 valence electrons. The maximum absolute atomic E-state index is 10.2. The van der Waals surface area contributed by atoms with E-state index < -0.39 is 0 Å². The fourth-order valence-corrected chi connectivity index (χ4v) is 8.01. The van der Waals surface area contributed by atoms with Crippen molar-refractivity contribution in [2.24, 2.45) is 40.4 Å². The lowest BCUT2D eigenvalue weighted by Gasteiger charge is -2.55. The van der Waals surface area contributed by atoms with Crippen LogP contribution in [-0.2, 0) is 0 Å². The molecule has 0 aliphatic heterocycles. The quantitative estimate of drug-likeness (QED) is 0.527. The van der Waals surface area contributed by atoms with E-state index in [1.165, 1.54) is 51.4 Å². The van der Waals surface area contributed by atoms with Crippen molar-refractivity contribution in [1.29, 1.82) is 0 Å². The van der Waals surface area contributed by atoms with E-state index in [9.17, 15) is 5.11 Å². The Morgan fingerprint density at radius 3 is 2.50 bits per heavy atom. The summed E-state index contributed by atoms with van der Waals surface area (Å²) >= 11 is 0. The molecule has 0 aromatic rings. The molecule has 0 radical (unpaired) electrons. The molecule has 0 heterocycles. The van der Waals surface area contributed by atoms with Crippen molar-refractivity contribution in [3.05, 3.63) is 23.3 Å². The minimum Gasteiger partial charge on any atom is -0.393 e. The molecule has 7 atom stereocenters. The van der Waals surface area contributed by atoms with Gasteiger partial charge in [0.05, 0.1) is 6.10 Å². The molecular weight excluding hydrogens is 340 g/mol. The molecule has 3 fully saturated rings. The van der Waals surface area contributed by atoms with Gasteiger partial charge in [-0.1, -0.05) is 77.2 Å². The zero-order valence-corrected chi connectivity index (χ0v) is 19.1. The van der Waals surface area contributed by atoms with Crippen LogP contribution in [0.4, 0.5) is 0 Å². The van der Waals surface area contributed by atoms with Gasteiger partial charge in [-0.2, -0.15) is 0 Å². The summed E-state index contributed by atoms with van der Waals surface area (Å²) in [6, 6.07) is 0. The van der Waals surface area contributed by atoms with Crippen LogP contribution in [-0.4, -0.2) is 11.2 Å². The monoisotopic (exact) mass is 384 g/mol. The van der Waals surface area contributed by atoms with Crippen LogP contribution in [0.25, 0.3) is 0 Å². The number of hydrogen-bond acceptors (Lipinski definition) is 1. The fourth-order valence-electron chi connectivity index (χ4n) is 8.01. The Morgan fingerprint density at radius 2 is 1.75 bits per heavy atom. The summed E-state index contributed by atoms with van der Waals surface area (Å²) in [5.41, 5.74) is 4.19. The van der Waals surface area contributed by atoms with Crippen molar-refractivity contribution >= 4 is 0 Å². The topological polar surface area (TPSA) is 20.2 Å². The third-order valence-electron chi connectivity index (χ3n) is 9.75. The van der Waals surface area contributed by atoms with Crippen LogP contribution in [0.15, 0.2) is 23.3 Å². The van der Waals surface area contributed by atoms with Crippen molar-refractivity contribution in [2.45, 2.75) is 105 Å². The van der Waals surface area contributed by atoms with Gasteiger partial charge >= 0.3 is 0 Å². The second-order valence-electron chi connectivity index (χ2n) is 11.8. The van der Waals surface area contributed by atoms with Gasteiger partial charge in [0.2, 0.25) is 0 Å². The van der Waals surface area contributed by atoms with Crippen LogP contribution in [0.1, 0.15) is 98.8 Å².